The number of rotatable bonds is 22. The normalized spacial score (nSPS) is 16.2. The van der Waals surface area contributed by atoms with E-state index < -0.39 is 0 Å². The van der Waals surface area contributed by atoms with Gasteiger partial charge < -0.3 is 9.47 Å². The molecule has 2 rings (SSSR count). The first-order valence-corrected chi connectivity index (χ1v) is 15.9. The predicted molar refractivity (Wildman–Crippen MR) is 159 cm³/mol. The van der Waals surface area contributed by atoms with Gasteiger partial charge in [0.1, 0.15) is 0 Å². The van der Waals surface area contributed by atoms with Crippen LogP contribution in [0.4, 0.5) is 0 Å². The summed E-state index contributed by atoms with van der Waals surface area (Å²) in [5.74, 6) is 0.00229. The summed E-state index contributed by atoms with van der Waals surface area (Å²) in [7, 11) is 0. The van der Waals surface area contributed by atoms with Gasteiger partial charge in [-0.2, -0.15) is 0 Å². The Balaban J connectivity index is 0.000000722. The molecule has 0 amide bonds. The number of carbonyl (C=O) groups is 1. The van der Waals surface area contributed by atoms with E-state index in [0.29, 0.717) is 25.2 Å². The maximum Gasteiger partial charge on any atom is 0.305 e. The molecule has 2 atom stereocenters. The first-order chi connectivity index (χ1) is 18.1. The zero-order chi connectivity index (χ0) is 27.0. The third kappa shape index (κ3) is 20.3. The van der Waals surface area contributed by atoms with Gasteiger partial charge in [0.25, 0.3) is 0 Å². The van der Waals surface area contributed by atoms with Crippen molar-refractivity contribution in [2.45, 2.75) is 168 Å². The molecule has 2 unspecified atom stereocenters. The number of esters is 1. The number of aryl methyl sites for hydroxylation is 2. The SMILES string of the molecule is CCCCCCCCOC(=O)CCCCCCCC1OC1CCCCCCCC.Cc1ccccc1C. The van der Waals surface area contributed by atoms with E-state index in [-0.39, 0.29) is 5.97 Å². The van der Waals surface area contributed by atoms with Gasteiger partial charge in [-0.1, -0.05) is 134 Å². The molecule has 0 bridgehead atoms. The van der Waals surface area contributed by atoms with Gasteiger partial charge in [-0.25, -0.2) is 0 Å². The summed E-state index contributed by atoms with van der Waals surface area (Å²) in [4.78, 5) is 11.7. The fourth-order valence-electron chi connectivity index (χ4n) is 4.76. The minimum Gasteiger partial charge on any atom is -0.466 e. The van der Waals surface area contributed by atoms with Crippen LogP contribution < -0.4 is 0 Å². The fourth-order valence-corrected chi connectivity index (χ4v) is 4.76. The monoisotopic (exact) mass is 516 g/mol. The van der Waals surface area contributed by atoms with E-state index in [4.69, 9.17) is 9.47 Å². The highest BCUT2D eigenvalue weighted by molar-refractivity contribution is 5.69. The Kier molecular flexibility index (Phi) is 21.6. The van der Waals surface area contributed by atoms with Gasteiger partial charge in [-0.15, -0.1) is 0 Å². The number of ether oxygens (including phenoxy) is 2. The molecule has 1 aliphatic heterocycles. The first kappa shape index (κ1) is 33.7. The third-order valence-electron chi connectivity index (χ3n) is 7.59. The fraction of sp³-hybridized carbons (Fsp3) is 0.794. The number of benzene rings is 1. The van der Waals surface area contributed by atoms with E-state index in [1.165, 1.54) is 114 Å². The van der Waals surface area contributed by atoms with Gasteiger partial charge >= 0.3 is 5.97 Å². The quantitative estimate of drug-likeness (QED) is 0.0873. The van der Waals surface area contributed by atoms with E-state index >= 15 is 0 Å². The molecule has 3 heteroatoms. The first-order valence-electron chi connectivity index (χ1n) is 15.9. The molecule has 0 saturated carbocycles. The molecule has 3 nitrogen and oxygen atoms in total. The highest BCUT2D eigenvalue weighted by Gasteiger charge is 2.36. The van der Waals surface area contributed by atoms with Gasteiger partial charge in [-0.05, 0) is 50.7 Å². The highest BCUT2D eigenvalue weighted by Crippen LogP contribution is 2.31. The molecule has 0 aromatic heterocycles. The third-order valence-corrected chi connectivity index (χ3v) is 7.59. The van der Waals surface area contributed by atoms with Crippen molar-refractivity contribution in [2.75, 3.05) is 6.61 Å². The van der Waals surface area contributed by atoms with E-state index in [1.807, 2.05) is 0 Å². The van der Waals surface area contributed by atoms with Gasteiger partial charge in [0, 0.05) is 6.42 Å². The number of unbranched alkanes of at least 4 members (excludes halogenated alkanes) is 14. The molecule has 214 valence electrons. The molecular weight excluding hydrogens is 456 g/mol. The van der Waals surface area contributed by atoms with Crippen LogP contribution in [0.3, 0.4) is 0 Å². The summed E-state index contributed by atoms with van der Waals surface area (Å²) in [5.41, 5.74) is 2.74. The van der Waals surface area contributed by atoms with Crippen LogP contribution in [0.15, 0.2) is 24.3 Å². The summed E-state index contributed by atoms with van der Waals surface area (Å²) < 4.78 is 11.1. The van der Waals surface area contributed by atoms with E-state index in [1.54, 1.807) is 0 Å². The zero-order valence-electron chi connectivity index (χ0n) is 25.0. The summed E-state index contributed by atoms with van der Waals surface area (Å²) in [6, 6.07) is 8.36. The second-order valence-corrected chi connectivity index (χ2v) is 11.1. The lowest BCUT2D eigenvalue weighted by Crippen LogP contribution is -2.05. The van der Waals surface area contributed by atoms with Crippen molar-refractivity contribution in [3.63, 3.8) is 0 Å². The topological polar surface area (TPSA) is 38.8 Å². The second kappa shape index (κ2) is 23.7. The molecular formula is C34H60O3. The summed E-state index contributed by atoms with van der Waals surface area (Å²) in [6.07, 6.45) is 25.8. The Labute approximate surface area is 230 Å². The van der Waals surface area contributed by atoms with Crippen molar-refractivity contribution in [3.8, 4) is 0 Å². The molecule has 0 aliphatic carbocycles. The molecule has 1 saturated heterocycles. The number of hydrogen-bond acceptors (Lipinski definition) is 3. The maximum absolute atomic E-state index is 11.7. The average Bonchev–Trinajstić information content (AvgIpc) is 3.65. The van der Waals surface area contributed by atoms with Crippen LogP contribution >= 0.6 is 0 Å². The molecule has 0 N–H and O–H groups in total. The van der Waals surface area contributed by atoms with Crippen LogP contribution in [-0.4, -0.2) is 24.8 Å². The lowest BCUT2D eigenvalue weighted by atomic mass is 10.0. The van der Waals surface area contributed by atoms with E-state index in [0.717, 1.165) is 19.3 Å². The smallest absolute Gasteiger partial charge is 0.305 e. The van der Waals surface area contributed by atoms with Crippen LogP contribution in [0.5, 0.6) is 0 Å². The van der Waals surface area contributed by atoms with Crippen molar-refractivity contribution < 1.29 is 14.3 Å². The van der Waals surface area contributed by atoms with Gasteiger partial charge in [0.05, 0.1) is 18.8 Å². The number of carbonyl (C=O) groups excluding carboxylic acids is 1. The summed E-state index contributed by atoms with van der Waals surface area (Å²) in [5, 5.41) is 0. The molecule has 37 heavy (non-hydrogen) atoms. The van der Waals surface area contributed by atoms with Crippen molar-refractivity contribution in [3.05, 3.63) is 35.4 Å². The molecule has 1 fully saturated rings. The van der Waals surface area contributed by atoms with Crippen molar-refractivity contribution in [2.24, 2.45) is 0 Å². The van der Waals surface area contributed by atoms with Crippen LogP contribution in [-0.2, 0) is 14.3 Å². The number of epoxide rings is 1. The van der Waals surface area contributed by atoms with Crippen molar-refractivity contribution in [1.29, 1.82) is 0 Å². The lowest BCUT2D eigenvalue weighted by Gasteiger charge is -2.05. The minimum absolute atomic E-state index is 0.00229. The molecule has 1 aromatic rings. The highest BCUT2D eigenvalue weighted by atomic mass is 16.6. The van der Waals surface area contributed by atoms with Crippen LogP contribution in [0.2, 0.25) is 0 Å². The Bertz CT molecular complexity index is 635. The van der Waals surface area contributed by atoms with Gasteiger partial charge in [0.2, 0.25) is 0 Å². The molecule has 1 aliphatic rings. The standard InChI is InChI=1S/C26H50O3.C8H10/c1-3-5-7-9-12-16-20-24-25(29-24)21-17-13-11-14-18-22-26(27)28-23-19-15-10-8-6-4-2;1-7-5-3-4-6-8(7)2/h24-25H,3-23H2,1-2H3;3-6H,1-2H3. The lowest BCUT2D eigenvalue weighted by molar-refractivity contribution is -0.143. The van der Waals surface area contributed by atoms with Crippen LogP contribution in [0.25, 0.3) is 0 Å². The van der Waals surface area contributed by atoms with E-state index in [9.17, 15) is 4.79 Å². The van der Waals surface area contributed by atoms with Crippen molar-refractivity contribution >= 4 is 5.97 Å². The van der Waals surface area contributed by atoms with Crippen LogP contribution in [0.1, 0.15) is 153 Å². The molecule has 1 heterocycles. The summed E-state index contributed by atoms with van der Waals surface area (Å²) >= 11 is 0. The molecule has 0 spiro atoms. The maximum atomic E-state index is 11.7. The Morgan fingerprint density at radius 3 is 1.57 bits per heavy atom. The second-order valence-electron chi connectivity index (χ2n) is 11.1. The molecule has 1 aromatic carbocycles. The zero-order valence-corrected chi connectivity index (χ0v) is 25.0. The Hall–Kier alpha value is -1.35. The van der Waals surface area contributed by atoms with Crippen LogP contribution in [0, 0.1) is 13.8 Å². The minimum atomic E-state index is 0.00229. The summed E-state index contributed by atoms with van der Waals surface area (Å²) in [6.45, 7) is 9.36. The van der Waals surface area contributed by atoms with E-state index in [2.05, 4.69) is 52.0 Å². The van der Waals surface area contributed by atoms with Crippen molar-refractivity contribution in [1.82, 2.24) is 0 Å². The largest absolute Gasteiger partial charge is 0.466 e. The molecule has 0 radical (unpaired) electrons. The predicted octanol–water partition coefficient (Wildman–Crippen LogP) is 10.4. The number of hydrogen-bond donors (Lipinski definition) is 0. The Morgan fingerprint density at radius 2 is 1.08 bits per heavy atom. The van der Waals surface area contributed by atoms with Gasteiger partial charge in [0.15, 0.2) is 0 Å². The Morgan fingerprint density at radius 1 is 0.649 bits per heavy atom. The average molecular weight is 517 g/mol. The van der Waals surface area contributed by atoms with Gasteiger partial charge in [-0.3, -0.25) is 4.79 Å².